The van der Waals surface area contributed by atoms with Crippen LogP contribution >= 0.6 is 0 Å². The van der Waals surface area contributed by atoms with E-state index in [0.29, 0.717) is 24.2 Å². The Balaban J connectivity index is 2.01. The third kappa shape index (κ3) is 3.93. The Bertz CT molecular complexity index is 560. The summed E-state index contributed by atoms with van der Waals surface area (Å²) in [7, 11) is 0. The van der Waals surface area contributed by atoms with Gasteiger partial charge in [-0.3, -0.25) is 14.4 Å². The molecule has 0 radical (unpaired) electrons. The molecule has 1 aliphatic heterocycles. The Labute approximate surface area is 130 Å². The predicted molar refractivity (Wildman–Crippen MR) is 84.9 cm³/mol. The summed E-state index contributed by atoms with van der Waals surface area (Å²) in [5.74, 6) is -0.0148. The van der Waals surface area contributed by atoms with E-state index in [1.165, 1.54) is 13.8 Å². The molecule has 0 saturated carbocycles. The lowest BCUT2D eigenvalue weighted by Gasteiger charge is -2.23. The molecule has 5 nitrogen and oxygen atoms in total. The van der Waals surface area contributed by atoms with Crippen LogP contribution in [0.2, 0.25) is 0 Å². The summed E-state index contributed by atoms with van der Waals surface area (Å²) in [6, 6.07) is 6.91. The molecule has 0 unspecified atom stereocenters. The van der Waals surface area contributed by atoms with E-state index in [-0.39, 0.29) is 17.6 Å². The molecule has 0 spiro atoms. The average molecular weight is 302 g/mol. The monoisotopic (exact) mass is 302 g/mol. The van der Waals surface area contributed by atoms with Crippen LogP contribution < -0.4 is 4.90 Å². The van der Waals surface area contributed by atoms with Crippen molar-refractivity contribution in [3.8, 4) is 0 Å². The Hall–Kier alpha value is -2.17. The van der Waals surface area contributed by atoms with Crippen molar-refractivity contribution in [2.75, 3.05) is 24.5 Å². The highest BCUT2D eigenvalue weighted by molar-refractivity contribution is 5.96. The standard InChI is InChI=1S/C17H22N2O3/c1-13(20)15-5-7-16(8-6-15)19(14(2)21)12-9-17(22)18-10-3-4-11-18/h5-8H,3-4,9-12H2,1-2H3. The van der Waals surface area contributed by atoms with Gasteiger partial charge in [0.2, 0.25) is 11.8 Å². The maximum atomic E-state index is 12.1. The van der Waals surface area contributed by atoms with Crippen LogP contribution in [-0.2, 0) is 9.59 Å². The van der Waals surface area contributed by atoms with E-state index >= 15 is 0 Å². The maximum Gasteiger partial charge on any atom is 0.224 e. The molecule has 1 saturated heterocycles. The van der Waals surface area contributed by atoms with E-state index in [9.17, 15) is 14.4 Å². The highest BCUT2D eigenvalue weighted by atomic mass is 16.2. The van der Waals surface area contributed by atoms with Gasteiger partial charge in [0.25, 0.3) is 0 Å². The first kappa shape index (κ1) is 16.2. The SMILES string of the molecule is CC(=O)c1ccc(N(CCC(=O)N2CCCC2)C(C)=O)cc1. The second-order valence-corrected chi connectivity index (χ2v) is 5.61. The number of benzene rings is 1. The highest BCUT2D eigenvalue weighted by Gasteiger charge is 2.20. The molecule has 22 heavy (non-hydrogen) atoms. The third-order valence-electron chi connectivity index (χ3n) is 3.97. The molecular formula is C17H22N2O3. The maximum absolute atomic E-state index is 12.1. The topological polar surface area (TPSA) is 57.7 Å². The van der Waals surface area contributed by atoms with Crippen LogP contribution in [0.5, 0.6) is 0 Å². The normalized spacial score (nSPS) is 14.0. The van der Waals surface area contributed by atoms with Crippen molar-refractivity contribution in [2.45, 2.75) is 33.1 Å². The first-order valence-corrected chi connectivity index (χ1v) is 7.66. The summed E-state index contributed by atoms with van der Waals surface area (Å²) in [5, 5.41) is 0. The molecule has 0 aromatic heterocycles. The van der Waals surface area contributed by atoms with Gasteiger partial charge in [-0.05, 0) is 44.0 Å². The molecule has 1 aromatic rings. The number of amides is 2. The minimum atomic E-state index is -0.107. The molecular weight excluding hydrogens is 280 g/mol. The van der Waals surface area contributed by atoms with Crippen molar-refractivity contribution in [3.05, 3.63) is 29.8 Å². The quantitative estimate of drug-likeness (QED) is 0.784. The highest BCUT2D eigenvalue weighted by Crippen LogP contribution is 2.17. The van der Waals surface area contributed by atoms with Crippen molar-refractivity contribution in [1.29, 1.82) is 0 Å². The van der Waals surface area contributed by atoms with Crippen molar-refractivity contribution < 1.29 is 14.4 Å². The molecule has 1 fully saturated rings. The number of nitrogens with zero attached hydrogens (tertiary/aromatic N) is 2. The van der Waals surface area contributed by atoms with E-state index in [4.69, 9.17) is 0 Å². The van der Waals surface area contributed by atoms with Crippen LogP contribution in [-0.4, -0.2) is 42.1 Å². The smallest absolute Gasteiger partial charge is 0.224 e. The van der Waals surface area contributed by atoms with Gasteiger partial charge >= 0.3 is 0 Å². The van der Waals surface area contributed by atoms with Crippen molar-refractivity contribution in [3.63, 3.8) is 0 Å². The van der Waals surface area contributed by atoms with Crippen molar-refractivity contribution >= 4 is 23.3 Å². The Kier molecular flexibility index (Phi) is 5.31. The molecule has 1 heterocycles. The van der Waals surface area contributed by atoms with Crippen LogP contribution in [0.3, 0.4) is 0 Å². The van der Waals surface area contributed by atoms with E-state index in [2.05, 4.69) is 0 Å². The number of ketones is 1. The number of likely N-dealkylation sites (tertiary alicyclic amines) is 1. The van der Waals surface area contributed by atoms with Gasteiger partial charge in [0, 0.05) is 44.2 Å². The first-order chi connectivity index (χ1) is 10.5. The fraction of sp³-hybridized carbons (Fsp3) is 0.471. The fourth-order valence-electron chi connectivity index (χ4n) is 2.68. The molecule has 2 rings (SSSR count). The summed E-state index contributed by atoms with van der Waals surface area (Å²) >= 11 is 0. The van der Waals surface area contributed by atoms with Crippen LogP contribution in [0.25, 0.3) is 0 Å². The summed E-state index contributed by atoms with van der Waals surface area (Å²) in [6.07, 6.45) is 2.46. The summed E-state index contributed by atoms with van der Waals surface area (Å²) in [4.78, 5) is 38.7. The second kappa shape index (κ2) is 7.20. The zero-order valence-electron chi connectivity index (χ0n) is 13.2. The largest absolute Gasteiger partial charge is 0.343 e. The van der Waals surface area contributed by atoms with Crippen LogP contribution in [0.1, 0.15) is 43.5 Å². The molecule has 0 aliphatic carbocycles. The summed E-state index contributed by atoms with van der Waals surface area (Å²) < 4.78 is 0. The number of Topliss-reactive ketones (excluding diaryl/α,β-unsaturated/α-hetero) is 1. The minimum absolute atomic E-state index is 0.00913. The predicted octanol–water partition coefficient (Wildman–Crippen LogP) is 2.25. The number of hydrogen-bond acceptors (Lipinski definition) is 3. The van der Waals surface area contributed by atoms with Gasteiger partial charge < -0.3 is 9.80 Å². The lowest BCUT2D eigenvalue weighted by atomic mass is 10.1. The molecule has 0 N–H and O–H groups in total. The number of hydrogen-bond donors (Lipinski definition) is 0. The van der Waals surface area contributed by atoms with Gasteiger partial charge in [-0.15, -0.1) is 0 Å². The van der Waals surface area contributed by atoms with Gasteiger partial charge in [0.1, 0.15) is 0 Å². The zero-order valence-corrected chi connectivity index (χ0v) is 13.2. The van der Waals surface area contributed by atoms with E-state index in [1.807, 2.05) is 4.90 Å². The molecule has 118 valence electrons. The number of rotatable bonds is 5. The third-order valence-corrected chi connectivity index (χ3v) is 3.97. The lowest BCUT2D eigenvalue weighted by Crippen LogP contribution is -2.35. The molecule has 1 aliphatic rings. The Morgan fingerprint density at radius 3 is 2.14 bits per heavy atom. The van der Waals surface area contributed by atoms with Gasteiger partial charge in [-0.1, -0.05) is 0 Å². The lowest BCUT2D eigenvalue weighted by molar-refractivity contribution is -0.129. The molecule has 0 bridgehead atoms. The molecule has 0 atom stereocenters. The summed E-state index contributed by atoms with van der Waals surface area (Å²) in [6.45, 7) is 5.01. The van der Waals surface area contributed by atoms with E-state index in [1.54, 1.807) is 29.2 Å². The zero-order chi connectivity index (χ0) is 16.1. The van der Waals surface area contributed by atoms with Crippen LogP contribution in [0.15, 0.2) is 24.3 Å². The van der Waals surface area contributed by atoms with Gasteiger partial charge in [-0.2, -0.15) is 0 Å². The minimum Gasteiger partial charge on any atom is -0.343 e. The summed E-state index contributed by atoms with van der Waals surface area (Å²) in [5.41, 5.74) is 1.33. The van der Waals surface area contributed by atoms with Crippen LogP contribution in [0.4, 0.5) is 5.69 Å². The van der Waals surface area contributed by atoms with Crippen LogP contribution in [0, 0.1) is 0 Å². The number of anilines is 1. The molecule has 1 aromatic carbocycles. The van der Waals surface area contributed by atoms with E-state index < -0.39 is 0 Å². The Morgan fingerprint density at radius 2 is 1.64 bits per heavy atom. The van der Waals surface area contributed by atoms with Gasteiger partial charge in [-0.25, -0.2) is 0 Å². The van der Waals surface area contributed by atoms with E-state index in [0.717, 1.165) is 25.9 Å². The fourth-order valence-corrected chi connectivity index (χ4v) is 2.68. The molecule has 5 heteroatoms. The van der Waals surface area contributed by atoms with Crippen molar-refractivity contribution in [1.82, 2.24) is 4.90 Å². The first-order valence-electron chi connectivity index (χ1n) is 7.66. The van der Waals surface area contributed by atoms with Gasteiger partial charge in [0.15, 0.2) is 5.78 Å². The average Bonchev–Trinajstić information content (AvgIpc) is 3.01. The number of carbonyl (C=O) groups is 3. The number of carbonyl (C=O) groups excluding carboxylic acids is 3. The Morgan fingerprint density at radius 1 is 1.05 bits per heavy atom. The van der Waals surface area contributed by atoms with Gasteiger partial charge in [0.05, 0.1) is 0 Å². The second-order valence-electron chi connectivity index (χ2n) is 5.61. The molecule has 2 amide bonds. The van der Waals surface area contributed by atoms with Crippen molar-refractivity contribution in [2.24, 2.45) is 0 Å².